The Bertz CT molecular complexity index is 1190. The van der Waals surface area contributed by atoms with E-state index in [1.165, 1.54) is 30.6 Å². The summed E-state index contributed by atoms with van der Waals surface area (Å²) in [5.74, 6) is 0.0890. The highest BCUT2D eigenvalue weighted by molar-refractivity contribution is 5.87. The Balaban J connectivity index is 1.62. The number of carboxylic acid groups (broad SMARTS) is 1. The van der Waals surface area contributed by atoms with Gasteiger partial charge in [-0.2, -0.15) is 0 Å². The van der Waals surface area contributed by atoms with Crippen LogP contribution in [0.15, 0.2) is 72.8 Å². The average Bonchev–Trinajstić information content (AvgIpc) is 2.75. The standard InChI is InChI=1S/C24H20FN3O3/c1-14-2-8-20(22(10-14)31-18-6-3-15(4-7-18)23(29)30)16-5-9-19(21(25)11-16)17-12-27-24(26)28-13-17/h3-14H,2H2,1H3,(H,29,30)(H2,26,27,28). The van der Waals surface area contributed by atoms with Gasteiger partial charge in [0.05, 0.1) is 5.56 Å². The number of hydrogen-bond acceptors (Lipinski definition) is 5. The van der Waals surface area contributed by atoms with Crippen LogP contribution in [0.5, 0.6) is 5.75 Å². The van der Waals surface area contributed by atoms with E-state index < -0.39 is 11.8 Å². The second kappa shape index (κ2) is 8.39. The van der Waals surface area contributed by atoms with E-state index >= 15 is 0 Å². The lowest BCUT2D eigenvalue weighted by Crippen LogP contribution is -2.07. The maximum atomic E-state index is 14.9. The number of nitrogens with two attached hydrogens (primary N) is 1. The number of benzene rings is 2. The molecule has 0 spiro atoms. The molecule has 2 aromatic carbocycles. The van der Waals surface area contributed by atoms with Crippen molar-refractivity contribution in [2.45, 2.75) is 13.3 Å². The molecule has 3 N–H and O–H groups in total. The topological polar surface area (TPSA) is 98.3 Å². The molecule has 1 atom stereocenters. The summed E-state index contributed by atoms with van der Waals surface area (Å²) in [4.78, 5) is 18.9. The third kappa shape index (κ3) is 4.45. The van der Waals surface area contributed by atoms with E-state index in [9.17, 15) is 9.18 Å². The number of halogens is 1. The Morgan fingerprint density at radius 1 is 1.13 bits per heavy atom. The summed E-state index contributed by atoms with van der Waals surface area (Å²) in [6, 6.07) is 11.1. The van der Waals surface area contributed by atoms with Gasteiger partial charge in [-0.15, -0.1) is 0 Å². The van der Waals surface area contributed by atoms with Crippen molar-refractivity contribution in [1.29, 1.82) is 0 Å². The van der Waals surface area contributed by atoms with Crippen LogP contribution in [-0.2, 0) is 0 Å². The fraction of sp³-hybridized carbons (Fsp3) is 0.125. The Morgan fingerprint density at radius 2 is 1.84 bits per heavy atom. The number of anilines is 1. The van der Waals surface area contributed by atoms with Gasteiger partial charge >= 0.3 is 5.97 Å². The van der Waals surface area contributed by atoms with Gasteiger partial charge in [0.15, 0.2) is 0 Å². The van der Waals surface area contributed by atoms with Crippen LogP contribution < -0.4 is 10.5 Å². The van der Waals surface area contributed by atoms with Crippen molar-refractivity contribution in [3.8, 4) is 16.9 Å². The predicted octanol–water partition coefficient (Wildman–Crippen LogP) is 4.95. The SMILES string of the molecule is CC1C=C(Oc2ccc(C(=O)O)cc2)C(c2ccc(-c3cnc(N)nc3)c(F)c2)=CC1. The van der Waals surface area contributed by atoms with Crippen LogP contribution in [0.25, 0.3) is 16.7 Å². The third-order valence-electron chi connectivity index (χ3n) is 4.99. The number of nitrogens with zero attached hydrogens (tertiary/aromatic N) is 2. The van der Waals surface area contributed by atoms with Gasteiger partial charge < -0.3 is 15.6 Å². The Labute approximate surface area is 178 Å². The van der Waals surface area contributed by atoms with E-state index in [-0.39, 0.29) is 17.4 Å². The quantitative estimate of drug-likeness (QED) is 0.610. The van der Waals surface area contributed by atoms with Crippen molar-refractivity contribution in [2.24, 2.45) is 5.92 Å². The second-order valence-corrected chi connectivity index (χ2v) is 7.32. The molecule has 7 heteroatoms. The highest BCUT2D eigenvalue weighted by Crippen LogP contribution is 2.34. The molecule has 0 saturated carbocycles. The zero-order valence-corrected chi connectivity index (χ0v) is 16.7. The molecule has 6 nitrogen and oxygen atoms in total. The van der Waals surface area contributed by atoms with Gasteiger partial charge in [-0.3, -0.25) is 0 Å². The van der Waals surface area contributed by atoms with Gasteiger partial charge in [0.25, 0.3) is 0 Å². The summed E-state index contributed by atoms with van der Waals surface area (Å²) in [5, 5.41) is 9.06. The number of aromatic carboxylic acids is 1. The van der Waals surface area contributed by atoms with Gasteiger partial charge in [0, 0.05) is 29.1 Å². The Morgan fingerprint density at radius 3 is 2.48 bits per heavy atom. The van der Waals surface area contributed by atoms with Crippen LogP contribution in [-0.4, -0.2) is 21.0 Å². The normalized spacial score (nSPS) is 15.7. The third-order valence-corrected chi connectivity index (χ3v) is 4.99. The minimum Gasteiger partial charge on any atom is -0.478 e. The maximum Gasteiger partial charge on any atom is 0.335 e. The summed E-state index contributed by atoms with van der Waals surface area (Å²) >= 11 is 0. The summed E-state index contributed by atoms with van der Waals surface area (Å²) in [6.07, 6.45) is 7.77. The van der Waals surface area contributed by atoms with Gasteiger partial charge in [-0.05, 0) is 54.3 Å². The number of carbonyl (C=O) groups is 1. The molecule has 0 fully saturated rings. The minimum atomic E-state index is -1.00. The molecule has 4 rings (SSSR count). The average molecular weight is 417 g/mol. The minimum absolute atomic E-state index is 0.130. The van der Waals surface area contributed by atoms with Crippen molar-refractivity contribution in [2.75, 3.05) is 5.73 Å². The molecule has 156 valence electrons. The molecule has 31 heavy (non-hydrogen) atoms. The number of ether oxygens (including phenoxy) is 1. The summed E-state index contributed by atoms with van der Waals surface area (Å²) in [6.45, 7) is 2.06. The zero-order valence-electron chi connectivity index (χ0n) is 16.7. The molecular weight excluding hydrogens is 397 g/mol. The predicted molar refractivity (Wildman–Crippen MR) is 116 cm³/mol. The molecular formula is C24H20FN3O3. The molecule has 1 heterocycles. The van der Waals surface area contributed by atoms with Crippen molar-refractivity contribution >= 4 is 17.5 Å². The molecule has 1 aliphatic carbocycles. The summed E-state index contributed by atoms with van der Waals surface area (Å²) < 4.78 is 21.0. The van der Waals surface area contributed by atoms with Crippen LogP contribution >= 0.6 is 0 Å². The number of nitrogen functional groups attached to an aromatic ring is 1. The number of aromatic nitrogens is 2. The van der Waals surface area contributed by atoms with E-state index in [0.717, 1.165) is 12.0 Å². The number of rotatable bonds is 5. The molecule has 1 aliphatic rings. The lowest BCUT2D eigenvalue weighted by Gasteiger charge is -2.21. The van der Waals surface area contributed by atoms with Gasteiger partial charge in [0.2, 0.25) is 5.95 Å². The van der Waals surface area contributed by atoms with E-state index in [1.807, 2.05) is 18.2 Å². The molecule has 1 aromatic heterocycles. The highest BCUT2D eigenvalue weighted by Gasteiger charge is 2.19. The van der Waals surface area contributed by atoms with Crippen molar-refractivity contribution in [1.82, 2.24) is 9.97 Å². The van der Waals surface area contributed by atoms with E-state index in [1.54, 1.807) is 18.2 Å². The molecule has 0 saturated heterocycles. The van der Waals surface area contributed by atoms with E-state index in [4.69, 9.17) is 15.6 Å². The van der Waals surface area contributed by atoms with Crippen molar-refractivity contribution < 1.29 is 19.0 Å². The summed E-state index contributed by atoms with van der Waals surface area (Å²) in [5.41, 5.74) is 8.06. The molecule has 0 aliphatic heterocycles. The highest BCUT2D eigenvalue weighted by atomic mass is 19.1. The van der Waals surface area contributed by atoms with Gasteiger partial charge in [-0.1, -0.05) is 25.1 Å². The van der Waals surface area contributed by atoms with Gasteiger partial charge in [-0.25, -0.2) is 19.2 Å². The second-order valence-electron chi connectivity index (χ2n) is 7.32. The Hall–Kier alpha value is -4.00. The van der Waals surface area contributed by atoms with Gasteiger partial charge in [0.1, 0.15) is 17.3 Å². The van der Waals surface area contributed by atoms with Crippen LogP contribution in [0.3, 0.4) is 0 Å². The zero-order chi connectivity index (χ0) is 22.0. The van der Waals surface area contributed by atoms with E-state index in [0.29, 0.717) is 28.2 Å². The fourth-order valence-electron chi connectivity index (χ4n) is 3.36. The van der Waals surface area contributed by atoms with E-state index in [2.05, 4.69) is 16.9 Å². The van der Waals surface area contributed by atoms with Crippen LogP contribution in [0.2, 0.25) is 0 Å². The first-order valence-electron chi connectivity index (χ1n) is 9.72. The lowest BCUT2D eigenvalue weighted by atomic mass is 9.91. The largest absolute Gasteiger partial charge is 0.478 e. The smallest absolute Gasteiger partial charge is 0.335 e. The first-order chi connectivity index (χ1) is 14.9. The number of carboxylic acids is 1. The number of allylic oxidation sites excluding steroid dienone is 3. The fourth-order valence-corrected chi connectivity index (χ4v) is 3.36. The lowest BCUT2D eigenvalue weighted by molar-refractivity contribution is 0.0697. The molecule has 1 unspecified atom stereocenters. The van der Waals surface area contributed by atoms with Crippen LogP contribution in [0.1, 0.15) is 29.3 Å². The molecule has 3 aromatic rings. The van der Waals surface area contributed by atoms with Crippen molar-refractivity contribution in [3.05, 3.63) is 89.7 Å². The van der Waals surface area contributed by atoms with Crippen LogP contribution in [0, 0.1) is 11.7 Å². The first kappa shape index (κ1) is 20.3. The summed E-state index contributed by atoms with van der Waals surface area (Å²) in [7, 11) is 0. The molecule has 0 radical (unpaired) electrons. The Kier molecular flexibility index (Phi) is 5.49. The monoisotopic (exact) mass is 417 g/mol. The molecule has 0 bridgehead atoms. The van der Waals surface area contributed by atoms with Crippen molar-refractivity contribution in [3.63, 3.8) is 0 Å². The number of hydrogen-bond donors (Lipinski definition) is 2. The van der Waals surface area contributed by atoms with Crippen LogP contribution in [0.4, 0.5) is 10.3 Å². The maximum absolute atomic E-state index is 14.9. The first-order valence-corrected chi connectivity index (χ1v) is 9.72. The molecule has 0 amide bonds.